The maximum Gasteiger partial charge on any atom is 0.295 e. The minimum atomic E-state index is -0.663. The van der Waals surface area contributed by atoms with Gasteiger partial charge in [-0.15, -0.1) is 0 Å². The lowest BCUT2D eigenvalue weighted by Gasteiger charge is -2.10. The second kappa shape index (κ2) is 7.60. The predicted octanol–water partition coefficient (Wildman–Crippen LogP) is 3.01. The molecule has 1 heterocycles. The Bertz CT molecular complexity index is 985. The third kappa shape index (κ3) is 4.13. The van der Waals surface area contributed by atoms with Crippen LogP contribution in [0.25, 0.3) is 0 Å². The fraction of sp³-hybridized carbons (Fsp3) is 0.0526. The van der Waals surface area contributed by atoms with E-state index in [1.807, 2.05) is 0 Å². The van der Waals surface area contributed by atoms with Crippen molar-refractivity contribution in [3.63, 3.8) is 0 Å². The molecule has 1 aromatic heterocycles. The van der Waals surface area contributed by atoms with Crippen molar-refractivity contribution in [1.82, 2.24) is 4.73 Å². The molecule has 0 unspecified atom stereocenters. The van der Waals surface area contributed by atoms with E-state index in [1.54, 1.807) is 6.07 Å². The number of rotatable bonds is 5. The molecular weight excluding hydrogens is 342 g/mol. The largest absolute Gasteiger partial charge is 0.406 e. The highest BCUT2D eigenvalue weighted by Crippen LogP contribution is 2.09. The average Bonchev–Trinajstić information content (AvgIpc) is 2.63. The lowest BCUT2D eigenvalue weighted by molar-refractivity contribution is 0.0862. The van der Waals surface area contributed by atoms with Crippen molar-refractivity contribution in [2.45, 2.75) is 6.61 Å². The fourth-order valence-electron chi connectivity index (χ4n) is 2.25. The van der Waals surface area contributed by atoms with E-state index in [0.29, 0.717) is 11.3 Å². The molecule has 132 valence electrons. The second-order valence-electron chi connectivity index (χ2n) is 5.42. The van der Waals surface area contributed by atoms with Gasteiger partial charge in [-0.05, 0) is 54.1 Å². The van der Waals surface area contributed by atoms with Crippen LogP contribution in [0.5, 0.6) is 0 Å². The van der Waals surface area contributed by atoms with Gasteiger partial charge in [0.05, 0.1) is 0 Å². The van der Waals surface area contributed by atoms with Crippen LogP contribution < -0.4 is 15.7 Å². The number of carbonyl (C=O) groups excluding carboxylic acids is 1. The zero-order valence-corrected chi connectivity index (χ0v) is 13.5. The number of carbonyl (C=O) groups is 1. The second-order valence-corrected chi connectivity index (χ2v) is 5.42. The van der Waals surface area contributed by atoms with Gasteiger partial charge in [0.25, 0.3) is 11.5 Å². The van der Waals surface area contributed by atoms with Gasteiger partial charge in [-0.1, -0.05) is 12.1 Å². The Balaban J connectivity index is 1.75. The lowest BCUT2D eigenvalue weighted by Crippen LogP contribution is -2.32. The van der Waals surface area contributed by atoms with Crippen LogP contribution in [-0.4, -0.2) is 10.6 Å². The first-order valence-corrected chi connectivity index (χ1v) is 7.69. The summed E-state index contributed by atoms with van der Waals surface area (Å²) in [5.41, 5.74) is 0.0875. The highest BCUT2D eigenvalue weighted by molar-refractivity contribution is 6.03. The molecule has 3 aromatic rings. The number of hydrogen-bond acceptors (Lipinski definition) is 3. The van der Waals surface area contributed by atoms with Gasteiger partial charge in [0.15, 0.2) is 0 Å². The molecule has 0 aliphatic rings. The van der Waals surface area contributed by atoms with Gasteiger partial charge >= 0.3 is 0 Å². The molecule has 0 atom stereocenters. The van der Waals surface area contributed by atoms with Gasteiger partial charge in [-0.2, -0.15) is 4.73 Å². The molecule has 0 aliphatic heterocycles. The molecule has 2 aromatic carbocycles. The van der Waals surface area contributed by atoms with Crippen molar-refractivity contribution < 1.29 is 18.4 Å². The summed E-state index contributed by atoms with van der Waals surface area (Å²) in [4.78, 5) is 30.0. The Morgan fingerprint density at radius 3 is 2.50 bits per heavy atom. The molecular formula is C19H14F2N2O3. The van der Waals surface area contributed by atoms with E-state index in [4.69, 9.17) is 4.84 Å². The normalized spacial score (nSPS) is 10.4. The lowest BCUT2D eigenvalue weighted by atomic mass is 10.2. The van der Waals surface area contributed by atoms with Crippen molar-refractivity contribution in [2.24, 2.45) is 0 Å². The van der Waals surface area contributed by atoms with Crippen molar-refractivity contribution in [1.29, 1.82) is 0 Å². The highest BCUT2D eigenvalue weighted by Gasteiger charge is 2.13. The maximum absolute atomic E-state index is 13.2. The summed E-state index contributed by atoms with van der Waals surface area (Å²) >= 11 is 0. The number of halogens is 2. The Kier molecular flexibility index (Phi) is 5.07. The molecule has 1 N–H and O–H groups in total. The Morgan fingerprint density at radius 1 is 1.00 bits per heavy atom. The minimum Gasteiger partial charge on any atom is -0.406 e. The molecule has 7 heteroatoms. The fourth-order valence-corrected chi connectivity index (χ4v) is 2.25. The van der Waals surface area contributed by atoms with E-state index in [9.17, 15) is 18.4 Å². The van der Waals surface area contributed by atoms with Crippen LogP contribution in [0.4, 0.5) is 14.5 Å². The van der Waals surface area contributed by atoms with Gasteiger partial charge < -0.3 is 10.2 Å². The molecule has 5 nitrogen and oxygen atoms in total. The summed E-state index contributed by atoms with van der Waals surface area (Å²) in [7, 11) is 0. The van der Waals surface area contributed by atoms with E-state index in [0.717, 1.165) is 4.73 Å². The topological polar surface area (TPSA) is 60.3 Å². The monoisotopic (exact) mass is 356 g/mol. The Labute approximate surface area is 147 Å². The SMILES string of the molecule is O=C(Nc1ccc(F)cc1)c1cccn(OCc2cccc(F)c2)c1=O. The van der Waals surface area contributed by atoms with Crippen LogP contribution in [0.15, 0.2) is 71.7 Å². The van der Waals surface area contributed by atoms with Crippen molar-refractivity contribution in [3.05, 3.63) is 100.0 Å². The van der Waals surface area contributed by atoms with E-state index in [-0.39, 0.29) is 12.2 Å². The number of benzene rings is 2. The van der Waals surface area contributed by atoms with Crippen molar-refractivity contribution in [3.8, 4) is 0 Å². The van der Waals surface area contributed by atoms with Crippen molar-refractivity contribution >= 4 is 11.6 Å². The first-order valence-electron chi connectivity index (χ1n) is 7.69. The number of amides is 1. The molecule has 0 spiro atoms. The number of aromatic nitrogens is 1. The number of hydrogen-bond donors (Lipinski definition) is 1. The molecule has 26 heavy (non-hydrogen) atoms. The Hall–Kier alpha value is -3.48. The van der Waals surface area contributed by atoms with Gasteiger partial charge in [0.2, 0.25) is 0 Å². The van der Waals surface area contributed by atoms with Crippen LogP contribution in [-0.2, 0) is 6.61 Å². The summed E-state index contributed by atoms with van der Waals surface area (Å²) in [6, 6.07) is 13.8. The van der Waals surface area contributed by atoms with Gasteiger partial charge in [-0.3, -0.25) is 9.59 Å². The highest BCUT2D eigenvalue weighted by atomic mass is 19.1. The van der Waals surface area contributed by atoms with Crippen LogP contribution in [0.2, 0.25) is 0 Å². The average molecular weight is 356 g/mol. The van der Waals surface area contributed by atoms with Gasteiger partial charge in [-0.25, -0.2) is 8.78 Å². The van der Waals surface area contributed by atoms with Crippen LogP contribution >= 0.6 is 0 Å². The standard InChI is InChI=1S/C19H14F2N2O3/c20-14-6-8-16(9-7-14)22-18(24)17-5-2-10-23(19(17)25)26-12-13-3-1-4-15(21)11-13/h1-11H,12H2,(H,22,24). The molecule has 0 radical (unpaired) electrons. The summed E-state index contributed by atoms with van der Waals surface area (Å²) < 4.78 is 27.0. The minimum absolute atomic E-state index is 0.0410. The number of pyridine rings is 1. The van der Waals surface area contributed by atoms with Crippen LogP contribution in [0.1, 0.15) is 15.9 Å². The third-order valence-corrected chi connectivity index (χ3v) is 3.52. The van der Waals surface area contributed by atoms with E-state index < -0.39 is 23.1 Å². The number of nitrogens with one attached hydrogen (secondary N) is 1. The zero-order valence-electron chi connectivity index (χ0n) is 13.5. The molecule has 0 bridgehead atoms. The summed E-state index contributed by atoms with van der Waals surface area (Å²) in [5.74, 6) is -1.49. The van der Waals surface area contributed by atoms with E-state index >= 15 is 0 Å². The van der Waals surface area contributed by atoms with Crippen LogP contribution in [0.3, 0.4) is 0 Å². The Morgan fingerprint density at radius 2 is 1.77 bits per heavy atom. The number of anilines is 1. The van der Waals surface area contributed by atoms with E-state index in [2.05, 4.69) is 5.32 Å². The molecule has 0 aliphatic carbocycles. The zero-order chi connectivity index (χ0) is 18.5. The summed E-state index contributed by atoms with van der Waals surface area (Å²) in [5, 5.41) is 2.51. The molecule has 1 amide bonds. The molecule has 0 fully saturated rings. The maximum atomic E-state index is 13.2. The first kappa shape index (κ1) is 17.3. The third-order valence-electron chi connectivity index (χ3n) is 3.52. The van der Waals surface area contributed by atoms with Crippen LogP contribution in [0, 0.1) is 11.6 Å². The molecule has 3 rings (SSSR count). The van der Waals surface area contributed by atoms with Crippen molar-refractivity contribution in [2.75, 3.05) is 5.32 Å². The van der Waals surface area contributed by atoms with Gasteiger partial charge in [0.1, 0.15) is 23.8 Å². The summed E-state index contributed by atoms with van der Waals surface area (Å²) in [6.45, 7) is -0.0410. The smallest absolute Gasteiger partial charge is 0.295 e. The quantitative estimate of drug-likeness (QED) is 0.765. The van der Waals surface area contributed by atoms with Gasteiger partial charge in [0, 0.05) is 11.9 Å². The number of nitrogens with zero attached hydrogens (tertiary/aromatic N) is 1. The van der Waals surface area contributed by atoms with E-state index in [1.165, 1.54) is 60.8 Å². The predicted molar refractivity (Wildman–Crippen MR) is 91.7 cm³/mol. The molecule has 0 saturated heterocycles. The first-order chi connectivity index (χ1) is 12.5. The molecule has 0 saturated carbocycles. The summed E-state index contributed by atoms with van der Waals surface area (Å²) in [6.07, 6.45) is 1.36.